The first-order chi connectivity index (χ1) is 19.4. The number of aromatic nitrogens is 1. The Labute approximate surface area is 236 Å². The zero-order chi connectivity index (χ0) is 28.3. The summed E-state index contributed by atoms with van der Waals surface area (Å²) in [4.78, 5) is 43.4. The van der Waals surface area contributed by atoms with Crippen molar-refractivity contribution in [3.8, 4) is 5.75 Å². The summed E-state index contributed by atoms with van der Waals surface area (Å²) in [6.07, 6.45) is 4.83. The molecule has 1 heterocycles. The third-order valence-corrected chi connectivity index (χ3v) is 6.81. The van der Waals surface area contributed by atoms with Crippen LogP contribution in [0.4, 0.5) is 11.4 Å². The summed E-state index contributed by atoms with van der Waals surface area (Å²) < 4.78 is 5.20. The van der Waals surface area contributed by atoms with Crippen LogP contribution in [0.3, 0.4) is 0 Å². The van der Waals surface area contributed by atoms with Gasteiger partial charge in [0.25, 0.3) is 11.8 Å². The molecule has 0 aliphatic heterocycles. The Morgan fingerprint density at radius 2 is 1.48 bits per heavy atom. The molecule has 0 saturated heterocycles. The van der Waals surface area contributed by atoms with Gasteiger partial charge in [-0.15, -0.1) is 11.8 Å². The van der Waals surface area contributed by atoms with Crippen molar-refractivity contribution in [2.75, 3.05) is 17.7 Å². The van der Waals surface area contributed by atoms with Crippen molar-refractivity contribution >= 4 is 46.9 Å². The summed E-state index contributed by atoms with van der Waals surface area (Å²) in [7, 11) is 1.58. The molecule has 0 aliphatic carbocycles. The lowest BCUT2D eigenvalue weighted by Crippen LogP contribution is -2.30. The van der Waals surface area contributed by atoms with Gasteiger partial charge in [-0.05, 0) is 79.2 Å². The number of ether oxygens (including phenoxy) is 1. The number of amides is 3. The second-order valence-corrected chi connectivity index (χ2v) is 10.0. The van der Waals surface area contributed by atoms with Crippen LogP contribution >= 0.6 is 11.8 Å². The Morgan fingerprint density at radius 3 is 2.12 bits per heavy atom. The summed E-state index contributed by atoms with van der Waals surface area (Å²) in [5.74, 6) is -0.332. The van der Waals surface area contributed by atoms with Crippen molar-refractivity contribution < 1.29 is 19.1 Å². The molecular formula is C31H28N4O4S. The molecular weight excluding hydrogens is 524 g/mol. The number of pyridine rings is 1. The number of nitrogens with one attached hydrogen (secondary N) is 3. The first-order valence-electron chi connectivity index (χ1n) is 12.4. The van der Waals surface area contributed by atoms with Crippen LogP contribution in [0.2, 0.25) is 0 Å². The van der Waals surface area contributed by atoms with Crippen molar-refractivity contribution in [1.29, 1.82) is 0 Å². The minimum Gasteiger partial charge on any atom is -0.497 e. The monoisotopic (exact) mass is 552 g/mol. The Hall–Kier alpha value is -4.89. The van der Waals surface area contributed by atoms with E-state index in [0.717, 1.165) is 4.90 Å². The third kappa shape index (κ3) is 8.05. The molecule has 1 aromatic heterocycles. The predicted molar refractivity (Wildman–Crippen MR) is 158 cm³/mol. The van der Waals surface area contributed by atoms with Crippen molar-refractivity contribution in [2.45, 2.75) is 17.1 Å². The molecule has 40 heavy (non-hydrogen) atoms. The van der Waals surface area contributed by atoms with E-state index in [-0.39, 0.29) is 16.9 Å². The molecule has 8 nitrogen and oxygen atoms in total. The van der Waals surface area contributed by atoms with Crippen LogP contribution in [-0.4, -0.2) is 35.1 Å². The summed E-state index contributed by atoms with van der Waals surface area (Å²) in [5, 5.41) is 8.08. The second kappa shape index (κ2) is 13.8. The number of anilines is 2. The lowest BCUT2D eigenvalue weighted by atomic mass is 10.1. The number of thioether (sulfide) groups is 1. The van der Waals surface area contributed by atoms with Crippen LogP contribution in [0.25, 0.3) is 6.08 Å². The molecule has 0 bridgehead atoms. The number of hydrogen-bond donors (Lipinski definition) is 3. The molecule has 0 aliphatic rings. The molecule has 3 amide bonds. The van der Waals surface area contributed by atoms with Gasteiger partial charge in [-0.25, -0.2) is 0 Å². The van der Waals surface area contributed by atoms with Crippen molar-refractivity contribution in [1.82, 2.24) is 10.3 Å². The summed E-state index contributed by atoms with van der Waals surface area (Å²) in [6.45, 7) is 1.82. The highest BCUT2D eigenvalue weighted by Crippen LogP contribution is 2.26. The molecule has 0 saturated carbocycles. The molecule has 0 radical (unpaired) electrons. The van der Waals surface area contributed by atoms with E-state index >= 15 is 0 Å². The lowest BCUT2D eigenvalue weighted by molar-refractivity contribution is -0.115. The minimum absolute atomic E-state index is 0.0823. The van der Waals surface area contributed by atoms with E-state index in [9.17, 15) is 14.4 Å². The molecule has 3 N–H and O–H groups in total. The van der Waals surface area contributed by atoms with Gasteiger partial charge in [0.2, 0.25) is 5.91 Å². The molecule has 202 valence electrons. The summed E-state index contributed by atoms with van der Waals surface area (Å²) in [6, 6.07) is 26.4. The van der Waals surface area contributed by atoms with E-state index in [2.05, 4.69) is 20.9 Å². The maximum atomic E-state index is 13.3. The van der Waals surface area contributed by atoms with Gasteiger partial charge < -0.3 is 20.7 Å². The highest BCUT2D eigenvalue weighted by atomic mass is 32.2. The Kier molecular flexibility index (Phi) is 9.68. The van der Waals surface area contributed by atoms with Crippen LogP contribution in [0.1, 0.15) is 22.8 Å². The highest BCUT2D eigenvalue weighted by molar-refractivity contribution is 8.00. The number of rotatable bonds is 10. The van der Waals surface area contributed by atoms with E-state index in [1.807, 2.05) is 25.1 Å². The molecule has 0 fully saturated rings. The van der Waals surface area contributed by atoms with Gasteiger partial charge in [0.15, 0.2) is 0 Å². The average molecular weight is 553 g/mol. The fraction of sp³-hybridized carbons (Fsp3) is 0.0968. The van der Waals surface area contributed by atoms with Crippen LogP contribution in [0, 0.1) is 0 Å². The maximum absolute atomic E-state index is 13.3. The molecule has 9 heteroatoms. The quantitative estimate of drug-likeness (QED) is 0.174. The minimum atomic E-state index is -0.481. The average Bonchev–Trinajstić information content (AvgIpc) is 2.99. The van der Waals surface area contributed by atoms with Gasteiger partial charge in [0, 0.05) is 34.2 Å². The van der Waals surface area contributed by atoms with Gasteiger partial charge in [-0.1, -0.05) is 30.3 Å². The predicted octanol–water partition coefficient (Wildman–Crippen LogP) is 5.62. The smallest absolute Gasteiger partial charge is 0.272 e. The molecule has 3 aromatic carbocycles. The van der Waals surface area contributed by atoms with E-state index in [1.54, 1.807) is 98.4 Å². The summed E-state index contributed by atoms with van der Waals surface area (Å²) in [5.41, 5.74) is 2.45. The molecule has 1 atom stereocenters. The molecule has 4 rings (SSSR count). The first-order valence-corrected chi connectivity index (χ1v) is 13.3. The van der Waals surface area contributed by atoms with Gasteiger partial charge in [0.1, 0.15) is 11.4 Å². The van der Waals surface area contributed by atoms with Crippen LogP contribution < -0.4 is 20.7 Å². The first kappa shape index (κ1) is 28.1. The SMILES string of the molecule is COc1ccc(/C=C(\NC(=O)c2ccccc2)C(=O)Nc2ccc(SC(C)C(=O)Nc3ccncc3)cc2)cc1. The number of nitrogens with zero attached hydrogens (tertiary/aromatic N) is 1. The Balaban J connectivity index is 1.44. The number of hydrogen-bond acceptors (Lipinski definition) is 6. The fourth-order valence-electron chi connectivity index (χ4n) is 3.56. The van der Waals surface area contributed by atoms with Crippen molar-refractivity contribution in [3.05, 3.63) is 120 Å². The zero-order valence-electron chi connectivity index (χ0n) is 22.0. The number of carbonyl (C=O) groups excluding carboxylic acids is 3. The lowest BCUT2D eigenvalue weighted by Gasteiger charge is -2.13. The maximum Gasteiger partial charge on any atom is 0.272 e. The number of benzene rings is 3. The third-order valence-electron chi connectivity index (χ3n) is 5.70. The van der Waals surface area contributed by atoms with Gasteiger partial charge in [-0.2, -0.15) is 0 Å². The number of carbonyl (C=O) groups is 3. The van der Waals surface area contributed by atoms with Crippen LogP contribution in [0.5, 0.6) is 5.75 Å². The fourth-order valence-corrected chi connectivity index (χ4v) is 4.43. The van der Waals surface area contributed by atoms with E-state index in [1.165, 1.54) is 11.8 Å². The van der Waals surface area contributed by atoms with E-state index < -0.39 is 11.8 Å². The van der Waals surface area contributed by atoms with Crippen molar-refractivity contribution in [3.63, 3.8) is 0 Å². The molecule has 4 aromatic rings. The van der Waals surface area contributed by atoms with Gasteiger partial charge in [0.05, 0.1) is 12.4 Å². The molecule has 0 spiro atoms. The van der Waals surface area contributed by atoms with Crippen molar-refractivity contribution in [2.24, 2.45) is 0 Å². The highest BCUT2D eigenvalue weighted by Gasteiger charge is 2.17. The van der Waals surface area contributed by atoms with E-state index in [4.69, 9.17) is 4.74 Å². The molecule has 1 unspecified atom stereocenters. The van der Waals surface area contributed by atoms with Gasteiger partial charge >= 0.3 is 0 Å². The summed E-state index contributed by atoms with van der Waals surface area (Å²) >= 11 is 1.40. The zero-order valence-corrected chi connectivity index (χ0v) is 22.8. The largest absolute Gasteiger partial charge is 0.497 e. The second-order valence-electron chi connectivity index (χ2n) is 8.62. The topological polar surface area (TPSA) is 109 Å². The van der Waals surface area contributed by atoms with Gasteiger partial charge in [-0.3, -0.25) is 19.4 Å². The normalized spacial score (nSPS) is 11.7. The van der Waals surface area contributed by atoms with Crippen LogP contribution in [0.15, 0.2) is 114 Å². The van der Waals surface area contributed by atoms with Crippen LogP contribution in [-0.2, 0) is 9.59 Å². The van der Waals surface area contributed by atoms with E-state index in [0.29, 0.717) is 28.3 Å². The standard InChI is InChI=1S/C31H28N4O4S/c1-21(29(36)33-25-16-18-32-19-17-25)40-27-14-10-24(11-15-27)34-31(38)28(20-22-8-12-26(39-2)13-9-22)35-30(37)23-6-4-3-5-7-23/h3-21H,1-2H3,(H,34,38)(H,35,37)(H,32,33,36)/b28-20-. The number of methoxy groups -OCH3 is 1. The Bertz CT molecular complexity index is 1480. The Morgan fingerprint density at radius 1 is 0.825 bits per heavy atom.